The van der Waals surface area contributed by atoms with E-state index >= 15 is 0 Å². The molecule has 3 aromatic carbocycles. The second-order valence-electron chi connectivity index (χ2n) is 6.99. The van der Waals surface area contributed by atoms with Crippen molar-refractivity contribution in [2.75, 3.05) is 10.6 Å². The normalized spacial score (nSPS) is 12.0. The Morgan fingerprint density at radius 2 is 1.28 bits per heavy atom. The van der Waals surface area contributed by atoms with Gasteiger partial charge in [-0.25, -0.2) is 16.8 Å². The van der Waals surface area contributed by atoms with Crippen molar-refractivity contribution >= 4 is 25.5 Å². The largest absolute Gasteiger partial charge is 0.264 e. The topological polar surface area (TPSA) is 71.5 Å². The third-order valence-electron chi connectivity index (χ3n) is 4.64. The highest BCUT2D eigenvalue weighted by Gasteiger charge is 2.29. The lowest BCUT2D eigenvalue weighted by molar-refractivity contribution is 0.589. The fourth-order valence-corrected chi connectivity index (χ4v) is 6.14. The first-order valence-corrected chi connectivity index (χ1v) is 12.4. The van der Waals surface area contributed by atoms with E-state index in [1.54, 1.807) is 31.2 Å². The number of anilines is 1. The van der Waals surface area contributed by atoms with E-state index in [1.807, 2.05) is 36.4 Å². The van der Waals surface area contributed by atoms with Crippen molar-refractivity contribution in [1.82, 2.24) is 0 Å². The predicted molar refractivity (Wildman–Crippen MR) is 115 cm³/mol. The zero-order valence-corrected chi connectivity index (χ0v) is 18.2. The highest BCUT2D eigenvalue weighted by Crippen LogP contribution is 2.31. The van der Waals surface area contributed by atoms with Crippen LogP contribution in [0.25, 0.3) is 0 Å². The van der Waals surface area contributed by atoms with Gasteiger partial charge in [-0.2, -0.15) is 0 Å². The Hall–Kier alpha value is -2.64. The number of hydrogen-bond donors (Lipinski definition) is 0. The van der Waals surface area contributed by atoms with Gasteiger partial charge in [-0.05, 0) is 54.8 Å². The molecule has 5 nitrogen and oxygen atoms in total. The number of rotatable bonds is 6. The van der Waals surface area contributed by atoms with Crippen LogP contribution in [0.4, 0.5) is 5.69 Å². The molecule has 0 saturated carbocycles. The number of sulfonamides is 1. The quantitative estimate of drug-likeness (QED) is 0.591. The molecule has 29 heavy (non-hydrogen) atoms. The van der Waals surface area contributed by atoms with Gasteiger partial charge in [-0.15, -0.1) is 0 Å². The molecule has 0 atom stereocenters. The minimum Gasteiger partial charge on any atom is -0.262 e. The highest BCUT2D eigenvalue weighted by molar-refractivity contribution is 7.93. The van der Waals surface area contributed by atoms with E-state index in [0.717, 1.165) is 11.8 Å². The number of benzene rings is 3. The fraction of sp³-hybridized carbons (Fsp3) is 0.182. The van der Waals surface area contributed by atoms with Gasteiger partial charge in [0.2, 0.25) is 0 Å². The first kappa shape index (κ1) is 21.1. The molecule has 152 valence electrons. The van der Waals surface area contributed by atoms with E-state index in [-0.39, 0.29) is 21.9 Å². The molecule has 0 radical (unpaired) electrons. The van der Waals surface area contributed by atoms with Crippen molar-refractivity contribution in [3.63, 3.8) is 0 Å². The van der Waals surface area contributed by atoms with Crippen LogP contribution in [0.1, 0.15) is 16.7 Å². The van der Waals surface area contributed by atoms with E-state index < -0.39 is 19.9 Å². The molecule has 0 amide bonds. The van der Waals surface area contributed by atoms with Gasteiger partial charge < -0.3 is 0 Å². The average molecular weight is 430 g/mol. The van der Waals surface area contributed by atoms with Crippen LogP contribution in [-0.4, -0.2) is 23.1 Å². The average Bonchev–Trinajstić information content (AvgIpc) is 2.68. The van der Waals surface area contributed by atoms with Crippen LogP contribution in [0.15, 0.2) is 82.6 Å². The van der Waals surface area contributed by atoms with Crippen molar-refractivity contribution in [3.8, 4) is 0 Å². The number of sulfone groups is 1. The molecule has 7 heteroatoms. The summed E-state index contributed by atoms with van der Waals surface area (Å²) in [5, 5.41) is 0. The Morgan fingerprint density at radius 1 is 0.759 bits per heavy atom. The first-order valence-electron chi connectivity index (χ1n) is 9.04. The number of aryl methyl sites for hydroxylation is 1. The molecule has 0 saturated heterocycles. The van der Waals surface area contributed by atoms with Gasteiger partial charge in [0, 0.05) is 6.26 Å². The van der Waals surface area contributed by atoms with Gasteiger partial charge in [0.15, 0.2) is 9.84 Å². The maximum Gasteiger partial charge on any atom is 0.264 e. The van der Waals surface area contributed by atoms with Crippen molar-refractivity contribution < 1.29 is 16.8 Å². The molecule has 0 unspecified atom stereocenters. The summed E-state index contributed by atoms with van der Waals surface area (Å²) in [5.41, 5.74) is 2.14. The van der Waals surface area contributed by atoms with Crippen molar-refractivity contribution in [1.29, 1.82) is 0 Å². The second kappa shape index (κ2) is 8.00. The molecule has 0 aliphatic carbocycles. The SMILES string of the molecule is Cc1cc(S(C)(=O)=O)c(C)c(S(=O)(=O)N(Cc2ccccc2)c2ccccc2)c1. The number of hydrogen-bond acceptors (Lipinski definition) is 4. The lowest BCUT2D eigenvalue weighted by Gasteiger charge is -2.26. The predicted octanol–water partition coefficient (Wildman–Crippen LogP) is 4.10. The van der Waals surface area contributed by atoms with Gasteiger partial charge in [-0.1, -0.05) is 48.5 Å². The zero-order valence-electron chi connectivity index (χ0n) is 16.5. The summed E-state index contributed by atoms with van der Waals surface area (Å²) in [5.74, 6) is 0. The molecule has 0 spiro atoms. The maximum atomic E-state index is 13.7. The fourth-order valence-electron chi connectivity index (χ4n) is 3.22. The Labute approximate surface area is 172 Å². The maximum absolute atomic E-state index is 13.7. The van der Waals surface area contributed by atoms with Crippen LogP contribution in [0.3, 0.4) is 0 Å². The molecule has 3 rings (SSSR count). The van der Waals surface area contributed by atoms with Crippen LogP contribution in [0, 0.1) is 13.8 Å². The summed E-state index contributed by atoms with van der Waals surface area (Å²) >= 11 is 0. The monoisotopic (exact) mass is 429 g/mol. The van der Waals surface area contributed by atoms with E-state index in [1.165, 1.54) is 23.4 Å². The summed E-state index contributed by atoms with van der Waals surface area (Å²) in [4.78, 5) is 0.0292. The summed E-state index contributed by atoms with van der Waals surface area (Å²) in [6, 6.07) is 21.1. The van der Waals surface area contributed by atoms with E-state index in [9.17, 15) is 16.8 Å². The van der Waals surface area contributed by atoms with Crippen LogP contribution >= 0.6 is 0 Å². The van der Waals surface area contributed by atoms with Crippen LogP contribution in [0.2, 0.25) is 0 Å². The first-order chi connectivity index (χ1) is 13.6. The molecule has 0 aromatic heterocycles. The summed E-state index contributed by atoms with van der Waals surface area (Å²) in [7, 11) is -7.59. The number of para-hydroxylation sites is 1. The molecule has 0 aliphatic rings. The Morgan fingerprint density at radius 3 is 1.83 bits per heavy atom. The van der Waals surface area contributed by atoms with Crippen LogP contribution in [-0.2, 0) is 26.4 Å². The Balaban J connectivity index is 2.22. The van der Waals surface area contributed by atoms with Gasteiger partial charge in [0.1, 0.15) is 0 Å². The zero-order chi connectivity index (χ0) is 21.2. The van der Waals surface area contributed by atoms with E-state index in [4.69, 9.17) is 0 Å². The molecule has 0 N–H and O–H groups in total. The van der Waals surface area contributed by atoms with Crippen molar-refractivity contribution in [2.45, 2.75) is 30.2 Å². The number of nitrogens with zero attached hydrogens (tertiary/aromatic N) is 1. The lowest BCUT2D eigenvalue weighted by Crippen LogP contribution is -2.31. The molecule has 0 aliphatic heterocycles. The molecule has 0 heterocycles. The second-order valence-corrected chi connectivity index (χ2v) is 10.8. The van der Waals surface area contributed by atoms with Gasteiger partial charge in [0.25, 0.3) is 10.0 Å². The standard InChI is InChI=1S/C22H23NO4S2/c1-17-14-21(28(3,24)25)18(2)22(15-17)29(26,27)23(20-12-8-5-9-13-20)16-19-10-6-4-7-11-19/h4-15H,16H2,1-3H3. The molecule has 0 bridgehead atoms. The van der Waals surface area contributed by atoms with Gasteiger partial charge >= 0.3 is 0 Å². The molecular formula is C22H23NO4S2. The summed E-state index contributed by atoms with van der Waals surface area (Å²) < 4.78 is 53.2. The third kappa shape index (κ3) is 4.52. The highest BCUT2D eigenvalue weighted by atomic mass is 32.2. The van der Waals surface area contributed by atoms with Gasteiger partial charge in [0.05, 0.1) is 22.0 Å². The molecule has 0 fully saturated rings. The minimum absolute atomic E-state index is 0.00212. The van der Waals surface area contributed by atoms with E-state index in [0.29, 0.717) is 11.3 Å². The van der Waals surface area contributed by atoms with Crippen molar-refractivity contribution in [2.24, 2.45) is 0 Å². The lowest BCUT2D eigenvalue weighted by atomic mass is 10.2. The van der Waals surface area contributed by atoms with E-state index in [2.05, 4.69) is 0 Å². The summed E-state index contributed by atoms with van der Waals surface area (Å²) in [6.45, 7) is 3.36. The smallest absolute Gasteiger partial charge is 0.262 e. The Bertz CT molecular complexity index is 1220. The van der Waals surface area contributed by atoms with Gasteiger partial charge in [-0.3, -0.25) is 4.31 Å². The Kier molecular flexibility index (Phi) is 5.82. The molecule has 3 aromatic rings. The third-order valence-corrected chi connectivity index (χ3v) is 7.76. The molecular weight excluding hydrogens is 406 g/mol. The van der Waals surface area contributed by atoms with Crippen LogP contribution in [0.5, 0.6) is 0 Å². The minimum atomic E-state index is -4.02. The summed E-state index contributed by atoms with van der Waals surface area (Å²) in [6.07, 6.45) is 1.09. The van der Waals surface area contributed by atoms with Crippen molar-refractivity contribution in [3.05, 3.63) is 89.5 Å². The van der Waals surface area contributed by atoms with Crippen LogP contribution < -0.4 is 4.31 Å².